The van der Waals surface area contributed by atoms with Gasteiger partial charge in [-0.05, 0) is 47.9 Å². The monoisotopic (exact) mass is 546 g/mol. The summed E-state index contributed by atoms with van der Waals surface area (Å²) in [6.07, 6.45) is 2.13. The van der Waals surface area contributed by atoms with Gasteiger partial charge in [-0.3, -0.25) is 9.59 Å². The van der Waals surface area contributed by atoms with E-state index in [-0.39, 0.29) is 25.0 Å². The van der Waals surface area contributed by atoms with Crippen LogP contribution in [0.25, 0.3) is 0 Å². The molecule has 0 aliphatic heterocycles. The topological polar surface area (TPSA) is 58.6 Å². The van der Waals surface area contributed by atoms with E-state index in [9.17, 15) is 9.59 Å². The van der Waals surface area contributed by atoms with E-state index in [0.717, 1.165) is 18.4 Å². The highest BCUT2D eigenvalue weighted by molar-refractivity contribution is 6.35. The third kappa shape index (κ3) is 8.44. The Morgan fingerprint density at radius 2 is 1.69 bits per heavy atom. The summed E-state index contributed by atoms with van der Waals surface area (Å²) < 4.78 is 5.73. The molecular formula is C28H29Cl3N2O3. The zero-order valence-corrected chi connectivity index (χ0v) is 22.3. The number of hydrogen-bond donors (Lipinski definition) is 1. The van der Waals surface area contributed by atoms with Gasteiger partial charge in [-0.25, -0.2) is 0 Å². The highest BCUT2D eigenvalue weighted by Gasteiger charge is 2.31. The van der Waals surface area contributed by atoms with E-state index in [1.54, 1.807) is 42.5 Å². The second kappa shape index (κ2) is 14.1. The van der Waals surface area contributed by atoms with E-state index in [1.807, 2.05) is 30.3 Å². The Labute approximate surface area is 227 Å². The number of carbonyl (C=O) groups excluding carboxylic acids is 2. The van der Waals surface area contributed by atoms with Gasteiger partial charge >= 0.3 is 0 Å². The fraction of sp³-hybridized carbons (Fsp3) is 0.286. The van der Waals surface area contributed by atoms with Crippen molar-refractivity contribution in [2.24, 2.45) is 0 Å². The zero-order valence-electron chi connectivity index (χ0n) is 20.1. The van der Waals surface area contributed by atoms with Crippen LogP contribution in [0.4, 0.5) is 0 Å². The molecule has 0 aliphatic carbocycles. The number of halogens is 3. The first-order chi connectivity index (χ1) is 17.4. The van der Waals surface area contributed by atoms with Gasteiger partial charge in [0.15, 0.2) is 6.61 Å². The van der Waals surface area contributed by atoms with E-state index in [1.165, 1.54) is 4.90 Å². The first-order valence-corrected chi connectivity index (χ1v) is 12.9. The molecule has 0 aliphatic rings. The van der Waals surface area contributed by atoms with Crippen LogP contribution in [0.1, 0.15) is 30.9 Å². The van der Waals surface area contributed by atoms with Crippen LogP contribution in [0.15, 0.2) is 72.8 Å². The van der Waals surface area contributed by atoms with Crippen molar-refractivity contribution in [3.05, 3.63) is 99.0 Å². The lowest BCUT2D eigenvalue weighted by Crippen LogP contribution is -2.51. The van der Waals surface area contributed by atoms with Gasteiger partial charge in [-0.2, -0.15) is 0 Å². The molecule has 0 saturated carbocycles. The number of ether oxygens (including phenoxy) is 1. The predicted molar refractivity (Wildman–Crippen MR) is 146 cm³/mol. The molecule has 0 fully saturated rings. The van der Waals surface area contributed by atoms with E-state index in [4.69, 9.17) is 39.5 Å². The Hall–Kier alpha value is -2.73. The Morgan fingerprint density at radius 3 is 2.39 bits per heavy atom. The lowest BCUT2D eigenvalue weighted by atomic mass is 10.0. The largest absolute Gasteiger partial charge is 0.484 e. The molecule has 36 heavy (non-hydrogen) atoms. The van der Waals surface area contributed by atoms with E-state index in [0.29, 0.717) is 39.3 Å². The van der Waals surface area contributed by atoms with Crippen LogP contribution in [-0.4, -0.2) is 35.9 Å². The number of benzene rings is 3. The summed E-state index contributed by atoms with van der Waals surface area (Å²) in [5.74, 6) is -0.117. The minimum atomic E-state index is -0.772. The van der Waals surface area contributed by atoms with Crippen LogP contribution < -0.4 is 10.1 Å². The second-order valence-corrected chi connectivity index (χ2v) is 9.63. The highest BCUT2D eigenvalue weighted by atomic mass is 35.5. The van der Waals surface area contributed by atoms with E-state index in [2.05, 4.69) is 12.2 Å². The molecule has 1 atom stereocenters. The lowest BCUT2D eigenvalue weighted by Gasteiger charge is -2.31. The molecule has 0 aromatic heterocycles. The van der Waals surface area contributed by atoms with Gasteiger partial charge in [0.05, 0.1) is 0 Å². The number of carbonyl (C=O) groups is 2. The van der Waals surface area contributed by atoms with Crippen molar-refractivity contribution in [3.63, 3.8) is 0 Å². The molecule has 0 spiro atoms. The third-order valence-corrected chi connectivity index (χ3v) is 6.44. The van der Waals surface area contributed by atoms with Gasteiger partial charge in [0.25, 0.3) is 5.91 Å². The van der Waals surface area contributed by atoms with Crippen LogP contribution in [0.3, 0.4) is 0 Å². The van der Waals surface area contributed by atoms with Crippen molar-refractivity contribution < 1.29 is 14.3 Å². The number of rotatable bonds is 12. The van der Waals surface area contributed by atoms with Crippen LogP contribution in [-0.2, 0) is 22.6 Å². The molecular weight excluding hydrogens is 519 g/mol. The van der Waals surface area contributed by atoms with Gasteiger partial charge in [0, 0.05) is 34.6 Å². The molecule has 0 radical (unpaired) electrons. The van der Waals surface area contributed by atoms with Gasteiger partial charge in [0.1, 0.15) is 11.8 Å². The number of nitrogens with zero attached hydrogens (tertiary/aromatic N) is 1. The van der Waals surface area contributed by atoms with Crippen molar-refractivity contribution in [2.75, 3.05) is 13.2 Å². The quantitative estimate of drug-likeness (QED) is 0.261. The Bertz CT molecular complexity index is 1160. The molecule has 0 unspecified atom stereocenters. The fourth-order valence-electron chi connectivity index (χ4n) is 3.68. The summed E-state index contributed by atoms with van der Waals surface area (Å²) in [5, 5.41) is 4.39. The smallest absolute Gasteiger partial charge is 0.261 e. The molecule has 0 saturated heterocycles. The summed E-state index contributed by atoms with van der Waals surface area (Å²) in [6.45, 7) is 2.44. The normalized spacial score (nSPS) is 11.6. The molecule has 8 heteroatoms. The summed E-state index contributed by atoms with van der Waals surface area (Å²) in [6, 6.07) is 20.7. The maximum Gasteiger partial charge on any atom is 0.261 e. The van der Waals surface area contributed by atoms with Gasteiger partial charge < -0.3 is 15.0 Å². The van der Waals surface area contributed by atoms with E-state index >= 15 is 0 Å². The average molecular weight is 548 g/mol. The first kappa shape index (κ1) is 27.9. The third-order valence-electron chi connectivity index (χ3n) is 5.61. The molecule has 3 aromatic carbocycles. The summed E-state index contributed by atoms with van der Waals surface area (Å²) in [7, 11) is 0. The van der Waals surface area contributed by atoms with Crippen molar-refractivity contribution in [1.29, 1.82) is 0 Å². The SMILES string of the molecule is CCCCNC(=O)[C@H](Cc1ccccc1)N(Cc1ccc(Cl)cc1Cl)C(=O)COc1cccc(Cl)c1. The van der Waals surface area contributed by atoms with Gasteiger partial charge in [-0.15, -0.1) is 0 Å². The number of amides is 2. The number of nitrogens with one attached hydrogen (secondary N) is 1. The summed E-state index contributed by atoms with van der Waals surface area (Å²) in [4.78, 5) is 28.5. The second-order valence-electron chi connectivity index (χ2n) is 8.35. The minimum absolute atomic E-state index is 0.117. The van der Waals surface area contributed by atoms with Gasteiger partial charge in [0.2, 0.25) is 5.91 Å². The zero-order chi connectivity index (χ0) is 25.9. The maximum absolute atomic E-state index is 13.6. The van der Waals surface area contributed by atoms with Crippen molar-refractivity contribution in [3.8, 4) is 5.75 Å². The van der Waals surface area contributed by atoms with Crippen molar-refractivity contribution in [1.82, 2.24) is 10.2 Å². The summed E-state index contributed by atoms with van der Waals surface area (Å²) in [5.41, 5.74) is 1.61. The standard InChI is InChI=1S/C28H29Cl3N2O3/c1-2-3-14-32-28(35)26(15-20-8-5-4-6-9-20)33(18-21-12-13-23(30)17-25(21)31)27(34)19-36-24-11-7-10-22(29)16-24/h4-13,16-17,26H,2-3,14-15,18-19H2,1H3,(H,32,35)/t26-/m0/s1. The molecule has 1 N–H and O–H groups in total. The van der Waals surface area contributed by atoms with Crippen LogP contribution in [0, 0.1) is 0 Å². The van der Waals surface area contributed by atoms with Gasteiger partial charge in [-0.1, -0.05) is 90.6 Å². The maximum atomic E-state index is 13.6. The molecule has 3 aromatic rings. The number of hydrogen-bond acceptors (Lipinski definition) is 3. The fourth-order valence-corrected chi connectivity index (χ4v) is 4.33. The van der Waals surface area contributed by atoms with E-state index < -0.39 is 6.04 Å². The number of unbranched alkanes of at least 4 members (excludes halogenated alkanes) is 1. The van der Waals surface area contributed by atoms with Crippen molar-refractivity contribution in [2.45, 2.75) is 38.8 Å². The Morgan fingerprint density at radius 1 is 0.944 bits per heavy atom. The summed E-state index contributed by atoms with van der Waals surface area (Å²) >= 11 is 18.6. The molecule has 3 rings (SSSR count). The Balaban J connectivity index is 1.91. The molecule has 190 valence electrons. The van der Waals surface area contributed by atoms with Crippen LogP contribution in [0.5, 0.6) is 5.75 Å². The molecule has 0 bridgehead atoms. The Kier molecular flexibility index (Phi) is 10.9. The first-order valence-electron chi connectivity index (χ1n) is 11.8. The van der Waals surface area contributed by atoms with Crippen LogP contribution >= 0.6 is 34.8 Å². The molecule has 5 nitrogen and oxygen atoms in total. The molecule has 2 amide bonds. The minimum Gasteiger partial charge on any atom is -0.484 e. The van der Waals surface area contributed by atoms with Crippen LogP contribution in [0.2, 0.25) is 15.1 Å². The lowest BCUT2D eigenvalue weighted by molar-refractivity contribution is -0.142. The highest BCUT2D eigenvalue weighted by Crippen LogP contribution is 2.24. The predicted octanol–water partition coefficient (Wildman–Crippen LogP) is 6.58. The average Bonchev–Trinajstić information content (AvgIpc) is 2.86. The molecule has 0 heterocycles. The van der Waals surface area contributed by atoms with Crippen molar-refractivity contribution >= 4 is 46.6 Å².